The first-order valence-corrected chi connectivity index (χ1v) is 2.62. The maximum Gasteiger partial charge on any atom is 0.270 e. The number of nitrogens with zero attached hydrogens (tertiary/aromatic N) is 1. The lowest BCUT2D eigenvalue weighted by atomic mass is 10.3. The Bertz CT molecular complexity index is 267. The minimum atomic E-state index is -0.849. The topological polar surface area (TPSA) is 56.0 Å². The van der Waals surface area contributed by atoms with Crippen LogP contribution in [0, 0.1) is 5.82 Å². The first-order valence-electron chi connectivity index (χ1n) is 2.62. The molecule has 0 atom stereocenters. The Balaban J connectivity index is 0.000001000. The van der Waals surface area contributed by atoms with Crippen molar-refractivity contribution in [3.05, 3.63) is 29.8 Å². The second-order valence-electron chi connectivity index (χ2n) is 1.70. The quantitative estimate of drug-likeness (QED) is 0.623. The fraction of sp³-hybridized carbons (Fsp3) is 0. The van der Waals surface area contributed by atoms with Crippen LogP contribution in [0.1, 0.15) is 11.9 Å². The SMILES string of the molecule is NC(=O)c1ncccc1F.[HH]. The van der Waals surface area contributed by atoms with Crippen LogP contribution >= 0.6 is 0 Å². The van der Waals surface area contributed by atoms with Crippen LogP contribution in [0.4, 0.5) is 4.39 Å². The molecule has 0 aromatic carbocycles. The Morgan fingerprint density at radius 1 is 1.80 bits per heavy atom. The fourth-order valence-electron chi connectivity index (χ4n) is 0.567. The van der Waals surface area contributed by atoms with Crippen molar-refractivity contribution in [1.29, 1.82) is 0 Å². The van der Waals surface area contributed by atoms with Gasteiger partial charge in [-0.15, -0.1) is 0 Å². The van der Waals surface area contributed by atoms with Crippen LogP contribution in [0.15, 0.2) is 18.3 Å². The number of amides is 1. The van der Waals surface area contributed by atoms with Gasteiger partial charge in [0.05, 0.1) is 0 Å². The molecule has 0 aliphatic heterocycles. The van der Waals surface area contributed by atoms with Crippen LogP contribution in [0.3, 0.4) is 0 Å². The van der Waals surface area contributed by atoms with Gasteiger partial charge in [0.15, 0.2) is 11.5 Å². The maximum absolute atomic E-state index is 12.5. The molecule has 54 valence electrons. The summed E-state index contributed by atoms with van der Waals surface area (Å²) >= 11 is 0. The van der Waals surface area contributed by atoms with Crippen molar-refractivity contribution in [3.8, 4) is 0 Å². The van der Waals surface area contributed by atoms with Gasteiger partial charge in [-0.05, 0) is 12.1 Å². The van der Waals surface area contributed by atoms with Crippen molar-refractivity contribution in [2.75, 3.05) is 0 Å². The highest BCUT2D eigenvalue weighted by Gasteiger charge is 2.06. The minimum absolute atomic E-state index is 0. The van der Waals surface area contributed by atoms with Gasteiger partial charge >= 0.3 is 0 Å². The number of carbonyl (C=O) groups excluding carboxylic acids is 1. The number of hydrogen-bond donors (Lipinski definition) is 1. The molecule has 0 spiro atoms. The highest BCUT2D eigenvalue weighted by Crippen LogP contribution is 1.99. The summed E-state index contributed by atoms with van der Waals surface area (Å²) in [6.07, 6.45) is 1.31. The lowest BCUT2D eigenvalue weighted by Crippen LogP contribution is -2.14. The molecule has 1 amide bonds. The first-order chi connectivity index (χ1) is 4.72. The Morgan fingerprint density at radius 2 is 2.50 bits per heavy atom. The number of carbonyl (C=O) groups is 1. The molecule has 0 aliphatic rings. The van der Waals surface area contributed by atoms with Crippen molar-refractivity contribution >= 4 is 5.91 Å². The predicted molar refractivity (Wildman–Crippen MR) is 34.8 cm³/mol. The van der Waals surface area contributed by atoms with Crippen LogP contribution in [-0.2, 0) is 0 Å². The van der Waals surface area contributed by atoms with E-state index in [-0.39, 0.29) is 7.12 Å². The highest BCUT2D eigenvalue weighted by atomic mass is 19.1. The molecule has 0 saturated heterocycles. The molecule has 0 unspecified atom stereocenters. The van der Waals surface area contributed by atoms with Gasteiger partial charge in [0.1, 0.15) is 0 Å². The molecule has 1 aromatic rings. The molecule has 0 radical (unpaired) electrons. The summed E-state index contributed by atoms with van der Waals surface area (Å²) in [4.78, 5) is 13.8. The molecule has 1 rings (SSSR count). The Kier molecular flexibility index (Phi) is 1.62. The molecule has 0 fully saturated rings. The summed E-state index contributed by atoms with van der Waals surface area (Å²) in [5.74, 6) is -1.53. The van der Waals surface area contributed by atoms with Gasteiger partial charge in [-0.3, -0.25) is 4.79 Å². The smallest absolute Gasteiger partial charge is 0.270 e. The lowest BCUT2D eigenvalue weighted by molar-refractivity contribution is 0.0991. The van der Waals surface area contributed by atoms with Crippen molar-refractivity contribution in [1.82, 2.24) is 4.98 Å². The van der Waals surface area contributed by atoms with E-state index in [0.717, 1.165) is 6.07 Å². The van der Waals surface area contributed by atoms with Crippen molar-refractivity contribution in [2.24, 2.45) is 5.73 Å². The number of rotatable bonds is 1. The molecule has 0 saturated carbocycles. The summed E-state index contributed by atoms with van der Waals surface area (Å²) in [5.41, 5.74) is 4.46. The molecule has 3 nitrogen and oxygen atoms in total. The standard InChI is InChI=1S/C6H5FN2O.H2/c7-4-2-1-3-9-5(4)6(8)10;/h1-3H,(H2,8,10);1H. The average Bonchev–Trinajstić information content (AvgIpc) is 1.88. The third-order valence-corrected chi connectivity index (χ3v) is 0.992. The normalized spacial score (nSPS) is 9.30. The van der Waals surface area contributed by atoms with E-state index in [9.17, 15) is 9.18 Å². The molecule has 4 heteroatoms. The number of halogens is 1. The zero-order chi connectivity index (χ0) is 7.56. The van der Waals surface area contributed by atoms with Gasteiger partial charge in [-0.2, -0.15) is 0 Å². The summed E-state index contributed by atoms with van der Waals surface area (Å²) in [6.45, 7) is 0. The van der Waals surface area contributed by atoms with Crippen LogP contribution in [-0.4, -0.2) is 10.9 Å². The third kappa shape index (κ3) is 1.10. The van der Waals surface area contributed by atoms with Crippen LogP contribution in [0.2, 0.25) is 0 Å². The van der Waals surface area contributed by atoms with E-state index in [1.807, 2.05) is 0 Å². The molecule has 0 bridgehead atoms. The third-order valence-electron chi connectivity index (χ3n) is 0.992. The van der Waals surface area contributed by atoms with Gasteiger partial charge in [0, 0.05) is 7.62 Å². The molecule has 1 aromatic heterocycles. The Morgan fingerprint density at radius 3 is 2.90 bits per heavy atom. The molecule has 2 N–H and O–H groups in total. The second kappa shape index (κ2) is 2.43. The van der Waals surface area contributed by atoms with E-state index in [1.54, 1.807) is 0 Å². The van der Waals surface area contributed by atoms with E-state index >= 15 is 0 Å². The predicted octanol–water partition coefficient (Wildman–Crippen LogP) is 0.566. The number of primary amides is 1. The fourth-order valence-corrected chi connectivity index (χ4v) is 0.567. The number of hydrogen-bond acceptors (Lipinski definition) is 2. The van der Waals surface area contributed by atoms with E-state index < -0.39 is 11.7 Å². The van der Waals surface area contributed by atoms with E-state index in [2.05, 4.69) is 4.98 Å². The molecule has 10 heavy (non-hydrogen) atoms. The zero-order valence-electron chi connectivity index (χ0n) is 5.04. The number of aromatic nitrogens is 1. The van der Waals surface area contributed by atoms with Gasteiger partial charge in [0.2, 0.25) is 0 Å². The highest BCUT2D eigenvalue weighted by molar-refractivity contribution is 5.90. The monoisotopic (exact) mass is 142 g/mol. The van der Waals surface area contributed by atoms with Crippen molar-refractivity contribution < 1.29 is 10.6 Å². The van der Waals surface area contributed by atoms with Crippen LogP contribution in [0.5, 0.6) is 0 Å². The summed E-state index contributed by atoms with van der Waals surface area (Å²) in [6, 6.07) is 2.52. The van der Waals surface area contributed by atoms with Crippen LogP contribution in [0.25, 0.3) is 0 Å². The van der Waals surface area contributed by atoms with Crippen LogP contribution < -0.4 is 5.73 Å². The van der Waals surface area contributed by atoms with Crippen molar-refractivity contribution in [3.63, 3.8) is 0 Å². The van der Waals surface area contributed by atoms with Gasteiger partial charge in [-0.1, -0.05) is 0 Å². The summed E-state index contributed by atoms with van der Waals surface area (Å²) in [7, 11) is 0. The van der Waals surface area contributed by atoms with E-state index in [4.69, 9.17) is 5.73 Å². The Labute approximate surface area is 58.2 Å². The maximum atomic E-state index is 12.5. The Hall–Kier alpha value is -1.45. The van der Waals surface area contributed by atoms with Gasteiger partial charge in [-0.25, -0.2) is 9.37 Å². The first kappa shape index (κ1) is 6.67. The largest absolute Gasteiger partial charge is 0.364 e. The zero-order valence-corrected chi connectivity index (χ0v) is 5.04. The molecule has 0 aliphatic carbocycles. The molecular weight excluding hydrogens is 135 g/mol. The molecule has 1 heterocycles. The summed E-state index contributed by atoms with van der Waals surface area (Å²) in [5, 5.41) is 0. The minimum Gasteiger partial charge on any atom is -0.364 e. The lowest BCUT2D eigenvalue weighted by Gasteiger charge is -1.92. The average molecular weight is 142 g/mol. The van der Waals surface area contributed by atoms with E-state index in [0.29, 0.717) is 0 Å². The number of pyridine rings is 1. The summed E-state index contributed by atoms with van der Waals surface area (Å²) < 4.78 is 12.5. The van der Waals surface area contributed by atoms with Crippen molar-refractivity contribution in [2.45, 2.75) is 0 Å². The second-order valence-corrected chi connectivity index (χ2v) is 1.70. The number of nitrogens with two attached hydrogens (primary N) is 1. The molecular formula is C6H7FN2O. The van der Waals surface area contributed by atoms with Gasteiger partial charge < -0.3 is 5.73 Å². The van der Waals surface area contributed by atoms with Gasteiger partial charge in [0.25, 0.3) is 5.91 Å². The van der Waals surface area contributed by atoms with E-state index in [1.165, 1.54) is 12.3 Å².